The minimum absolute atomic E-state index is 0.0763. The minimum atomic E-state index is 0.0763. The van der Waals surface area contributed by atoms with E-state index in [1.54, 1.807) is 0 Å². The van der Waals surface area contributed by atoms with Crippen LogP contribution < -0.4 is 10.5 Å². The maximum Gasteiger partial charge on any atom is 0.141 e. The van der Waals surface area contributed by atoms with E-state index in [0.717, 1.165) is 23.3 Å². The van der Waals surface area contributed by atoms with Gasteiger partial charge in [-0.1, -0.05) is 41.9 Å². The normalized spacial score (nSPS) is 12.2. The molecule has 0 saturated carbocycles. The Kier molecular flexibility index (Phi) is 5.27. The van der Waals surface area contributed by atoms with Gasteiger partial charge in [0.05, 0.1) is 5.02 Å². The zero-order chi connectivity index (χ0) is 15.4. The van der Waals surface area contributed by atoms with Crippen molar-refractivity contribution in [3.63, 3.8) is 0 Å². The number of aryl methyl sites for hydroxylation is 2. The third kappa shape index (κ3) is 4.23. The van der Waals surface area contributed by atoms with Gasteiger partial charge in [-0.2, -0.15) is 0 Å². The fourth-order valence-corrected chi connectivity index (χ4v) is 2.52. The van der Waals surface area contributed by atoms with Gasteiger partial charge in [-0.05, 0) is 55.5 Å². The molecule has 21 heavy (non-hydrogen) atoms. The quantitative estimate of drug-likeness (QED) is 0.887. The van der Waals surface area contributed by atoms with Crippen molar-refractivity contribution in [1.82, 2.24) is 0 Å². The molecular weight excluding hydrogens is 282 g/mol. The first-order valence-electron chi connectivity index (χ1n) is 7.19. The summed E-state index contributed by atoms with van der Waals surface area (Å²) in [5.74, 6) is 0.745. The Morgan fingerprint density at radius 3 is 2.57 bits per heavy atom. The average Bonchev–Trinajstić information content (AvgIpc) is 2.41. The smallest absolute Gasteiger partial charge is 0.141 e. The first-order chi connectivity index (χ1) is 9.97. The Balaban J connectivity index is 2.17. The Hall–Kier alpha value is -1.51. The molecular formula is C18H22ClNO. The molecule has 1 unspecified atom stereocenters. The van der Waals surface area contributed by atoms with Crippen LogP contribution in [0.5, 0.6) is 5.75 Å². The topological polar surface area (TPSA) is 35.2 Å². The molecule has 0 amide bonds. The van der Waals surface area contributed by atoms with Crippen LogP contribution >= 0.6 is 11.6 Å². The molecule has 3 heteroatoms. The van der Waals surface area contributed by atoms with Crippen LogP contribution in [0.1, 0.15) is 29.2 Å². The number of nitrogens with two attached hydrogens (primary N) is 1. The molecule has 0 radical (unpaired) electrons. The van der Waals surface area contributed by atoms with Crippen LogP contribution in [0.15, 0.2) is 36.4 Å². The zero-order valence-electron chi connectivity index (χ0n) is 12.8. The lowest BCUT2D eigenvalue weighted by atomic mass is 10.1. The standard InChI is InChI=1S/C18H22ClNO/c1-12-7-8-15(9-13(12)2)11-21-18-16(10-14(3)20)5-4-6-17(18)19/h4-9,14H,10-11,20H2,1-3H3. The summed E-state index contributed by atoms with van der Waals surface area (Å²) in [5, 5.41) is 0.636. The Morgan fingerprint density at radius 2 is 1.90 bits per heavy atom. The number of rotatable bonds is 5. The van der Waals surface area contributed by atoms with Crippen molar-refractivity contribution < 1.29 is 4.74 Å². The summed E-state index contributed by atoms with van der Waals surface area (Å²) in [6.07, 6.45) is 0.753. The highest BCUT2D eigenvalue weighted by molar-refractivity contribution is 6.32. The summed E-state index contributed by atoms with van der Waals surface area (Å²) in [7, 11) is 0. The molecule has 0 aromatic heterocycles. The Bertz CT molecular complexity index is 623. The summed E-state index contributed by atoms with van der Waals surface area (Å²) in [5.41, 5.74) is 10.6. The zero-order valence-corrected chi connectivity index (χ0v) is 13.6. The van der Waals surface area contributed by atoms with Gasteiger partial charge >= 0.3 is 0 Å². The number of benzene rings is 2. The maximum absolute atomic E-state index is 6.27. The first-order valence-corrected chi connectivity index (χ1v) is 7.57. The lowest BCUT2D eigenvalue weighted by Crippen LogP contribution is -2.18. The first kappa shape index (κ1) is 15.9. The van der Waals surface area contributed by atoms with E-state index in [2.05, 4.69) is 32.0 Å². The van der Waals surface area contributed by atoms with Gasteiger partial charge in [0, 0.05) is 6.04 Å². The molecule has 0 heterocycles. The highest BCUT2D eigenvalue weighted by Crippen LogP contribution is 2.30. The van der Waals surface area contributed by atoms with Crippen molar-refractivity contribution in [2.24, 2.45) is 5.73 Å². The van der Waals surface area contributed by atoms with Crippen LogP contribution in [0.2, 0.25) is 5.02 Å². The molecule has 2 aromatic rings. The number of hydrogen-bond donors (Lipinski definition) is 1. The third-order valence-corrected chi connectivity index (χ3v) is 3.84. The van der Waals surface area contributed by atoms with Crippen molar-refractivity contribution >= 4 is 11.6 Å². The fraction of sp³-hybridized carbons (Fsp3) is 0.333. The second-order valence-electron chi connectivity index (χ2n) is 5.62. The second-order valence-corrected chi connectivity index (χ2v) is 6.02. The van der Waals surface area contributed by atoms with Crippen LogP contribution in [0.25, 0.3) is 0 Å². The van der Waals surface area contributed by atoms with Crippen LogP contribution in [-0.4, -0.2) is 6.04 Å². The third-order valence-electron chi connectivity index (χ3n) is 3.54. The van der Waals surface area contributed by atoms with E-state index in [4.69, 9.17) is 22.1 Å². The van der Waals surface area contributed by atoms with Crippen molar-refractivity contribution in [2.45, 2.75) is 39.8 Å². The molecule has 0 saturated heterocycles. The summed E-state index contributed by atoms with van der Waals surface area (Å²) < 4.78 is 5.96. The highest BCUT2D eigenvalue weighted by atomic mass is 35.5. The van der Waals surface area contributed by atoms with E-state index in [-0.39, 0.29) is 6.04 Å². The fourth-order valence-electron chi connectivity index (χ4n) is 2.27. The van der Waals surface area contributed by atoms with Gasteiger partial charge < -0.3 is 10.5 Å². The summed E-state index contributed by atoms with van der Waals surface area (Å²) >= 11 is 6.27. The van der Waals surface area contributed by atoms with Gasteiger partial charge in [-0.3, -0.25) is 0 Å². The van der Waals surface area contributed by atoms with Crippen molar-refractivity contribution in [3.8, 4) is 5.75 Å². The van der Waals surface area contributed by atoms with Gasteiger partial charge in [0.15, 0.2) is 0 Å². The molecule has 2 N–H and O–H groups in total. The molecule has 0 aliphatic heterocycles. The van der Waals surface area contributed by atoms with Crippen LogP contribution in [0.3, 0.4) is 0 Å². The molecule has 2 aromatic carbocycles. The van der Waals surface area contributed by atoms with Crippen LogP contribution in [0.4, 0.5) is 0 Å². The Morgan fingerprint density at radius 1 is 1.14 bits per heavy atom. The molecule has 2 rings (SSSR count). The summed E-state index contributed by atoms with van der Waals surface area (Å²) in [4.78, 5) is 0. The van der Waals surface area contributed by atoms with E-state index in [1.165, 1.54) is 11.1 Å². The molecule has 0 spiro atoms. The Labute approximate surface area is 131 Å². The lowest BCUT2D eigenvalue weighted by Gasteiger charge is -2.15. The number of para-hydroxylation sites is 1. The monoisotopic (exact) mass is 303 g/mol. The van der Waals surface area contributed by atoms with E-state index in [0.29, 0.717) is 11.6 Å². The van der Waals surface area contributed by atoms with Gasteiger partial charge in [0.2, 0.25) is 0 Å². The minimum Gasteiger partial charge on any atom is -0.487 e. The molecule has 0 fully saturated rings. The second kappa shape index (κ2) is 6.97. The van der Waals surface area contributed by atoms with Crippen molar-refractivity contribution in [3.05, 3.63) is 63.7 Å². The van der Waals surface area contributed by atoms with Gasteiger partial charge in [-0.15, -0.1) is 0 Å². The summed E-state index contributed by atoms with van der Waals surface area (Å²) in [6, 6.07) is 12.2. The van der Waals surface area contributed by atoms with Gasteiger partial charge in [0.1, 0.15) is 12.4 Å². The SMILES string of the molecule is Cc1ccc(COc2c(Cl)cccc2CC(C)N)cc1C. The number of ether oxygens (including phenoxy) is 1. The predicted molar refractivity (Wildman–Crippen MR) is 89.1 cm³/mol. The molecule has 112 valence electrons. The summed E-state index contributed by atoms with van der Waals surface area (Å²) in [6.45, 7) is 6.70. The van der Waals surface area contributed by atoms with Gasteiger partial charge in [-0.25, -0.2) is 0 Å². The van der Waals surface area contributed by atoms with E-state index in [1.807, 2.05) is 25.1 Å². The van der Waals surface area contributed by atoms with E-state index in [9.17, 15) is 0 Å². The van der Waals surface area contributed by atoms with Crippen LogP contribution in [0, 0.1) is 13.8 Å². The van der Waals surface area contributed by atoms with Crippen molar-refractivity contribution in [1.29, 1.82) is 0 Å². The number of halogens is 1. The predicted octanol–water partition coefficient (Wildman–Crippen LogP) is 4.43. The number of hydrogen-bond acceptors (Lipinski definition) is 2. The largest absolute Gasteiger partial charge is 0.487 e. The average molecular weight is 304 g/mol. The lowest BCUT2D eigenvalue weighted by molar-refractivity contribution is 0.302. The maximum atomic E-state index is 6.27. The van der Waals surface area contributed by atoms with E-state index >= 15 is 0 Å². The molecule has 0 aliphatic rings. The van der Waals surface area contributed by atoms with E-state index < -0.39 is 0 Å². The molecule has 0 bridgehead atoms. The van der Waals surface area contributed by atoms with Crippen LogP contribution in [-0.2, 0) is 13.0 Å². The van der Waals surface area contributed by atoms with Crippen molar-refractivity contribution in [2.75, 3.05) is 0 Å². The van der Waals surface area contributed by atoms with Gasteiger partial charge in [0.25, 0.3) is 0 Å². The molecule has 2 nitrogen and oxygen atoms in total. The molecule has 1 atom stereocenters. The highest BCUT2D eigenvalue weighted by Gasteiger charge is 2.10. The molecule has 0 aliphatic carbocycles.